The van der Waals surface area contributed by atoms with Gasteiger partial charge in [0.25, 0.3) is 0 Å². The molecule has 1 fully saturated rings. The highest BCUT2D eigenvalue weighted by molar-refractivity contribution is 7.16. The number of nitrogens with one attached hydrogen (secondary N) is 1. The fraction of sp³-hybridized carbons (Fsp3) is 0.500. The molecule has 80 valence electrons. The predicted molar refractivity (Wildman–Crippen MR) is 56.1 cm³/mol. The van der Waals surface area contributed by atoms with Gasteiger partial charge >= 0.3 is 0 Å². The Morgan fingerprint density at radius 2 is 2.47 bits per heavy atom. The van der Waals surface area contributed by atoms with Gasteiger partial charge in [-0.1, -0.05) is 22.9 Å². The third-order valence-corrected chi connectivity index (χ3v) is 3.32. The second-order valence-electron chi connectivity index (χ2n) is 3.11. The van der Waals surface area contributed by atoms with Gasteiger partial charge in [0.15, 0.2) is 10.3 Å². The highest BCUT2D eigenvalue weighted by atomic mass is 35.5. The van der Waals surface area contributed by atoms with E-state index in [1.807, 2.05) is 6.07 Å². The summed E-state index contributed by atoms with van der Waals surface area (Å²) >= 11 is 6.88. The Labute approximate surface area is 95.3 Å². The number of rotatable bonds is 2. The predicted octanol–water partition coefficient (Wildman–Crippen LogP) is 0.840. The summed E-state index contributed by atoms with van der Waals surface area (Å²) in [7, 11) is 0. The van der Waals surface area contributed by atoms with Crippen molar-refractivity contribution in [1.82, 2.24) is 4.98 Å². The molecular weight excluding hydrogens is 238 g/mol. The normalized spacial score (nSPS) is 25.1. The summed E-state index contributed by atoms with van der Waals surface area (Å²) in [6.45, 7) is 0.752. The van der Waals surface area contributed by atoms with Gasteiger partial charge in [0, 0.05) is 0 Å². The van der Waals surface area contributed by atoms with Crippen LogP contribution in [-0.2, 0) is 4.74 Å². The molecule has 7 heteroatoms. The standard InChI is InChI=1S/C8H8ClN3O2S/c9-7-6(1-10)15-8(12-7)11-4-2-14-3-5(4)13/h4-5,13H,2-3H2,(H,11,12)/t4-,5-/m1/s1. The average Bonchev–Trinajstić information content (AvgIpc) is 2.75. The monoisotopic (exact) mass is 245 g/mol. The topological polar surface area (TPSA) is 78.2 Å². The van der Waals surface area contributed by atoms with Crippen LogP contribution in [-0.4, -0.2) is 35.5 Å². The molecule has 2 heterocycles. The highest BCUT2D eigenvalue weighted by Crippen LogP contribution is 2.27. The molecule has 15 heavy (non-hydrogen) atoms. The summed E-state index contributed by atoms with van der Waals surface area (Å²) in [6.07, 6.45) is -0.543. The van der Waals surface area contributed by atoms with Crippen molar-refractivity contribution in [2.45, 2.75) is 12.1 Å². The van der Waals surface area contributed by atoms with Crippen LogP contribution in [0.5, 0.6) is 0 Å². The number of nitriles is 1. The molecule has 0 bridgehead atoms. The van der Waals surface area contributed by atoms with Gasteiger partial charge in [-0.25, -0.2) is 4.98 Å². The lowest BCUT2D eigenvalue weighted by atomic mass is 10.2. The minimum atomic E-state index is -0.543. The molecule has 0 spiro atoms. The van der Waals surface area contributed by atoms with Crippen molar-refractivity contribution in [3.63, 3.8) is 0 Å². The number of aromatic nitrogens is 1. The van der Waals surface area contributed by atoms with Crippen LogP contribution in [0.15, 0.2) is 0 Å². The summed E-state index contributed by atoms with van der Waals surface area (Å²) in [5.74, 6) is 0. The molecule has 0 radical (unpaired) electrons. The van der Waals surface area contributed by atoms with Gasteiger partial charge in [-0.2, -0.15) is 5.26 Å². The molecule has 2 atom stereocenters. The fourth-order valence-electron chi connectivity index (χ4n) is 1.27. The van der Waals surface area contributed by atoms with Crippen molar-refractivity contribution < 1.29 is 9.84 Å². The fourth-order valence-corrected chi connectivity index (χ4v) is 2.28. The number of halogens is 1. The quantitative estimate of drug-likeness (QED) is 0.807. The van der Waals surface area contributed by atoms with E-state index in [-0.39, 0.29) is 11.2 Å². The highest BCUT2D eigenvalue weighted by Gasteiger charge is 2.27. The number of ether oxygens (including phenoxy) is 1. The van der Waals surface area contributed by atoms with Crippen molar-refractivity contribution in [3.8, 4) is 6.07 Å². The Morgan fingerprint density at radius 1 is 1.67 bits per heavy atom. The van der Waals surface area contributed by atoms with Gasteiger partial charge in [0.1, 0.15) is 10.9 Å². The second kappa shape index (κ2) is 4.33. The van der Waals surface area contributed by atoms with Gasteiger partial charge in [-0.3, -0.25) is 0 Å². The Bertz CT molecular complexity index is 403. The van der Waals surface area contributed by atoms with Crippen LogP contribution in [0.1, 0.15) is 4.88 Å². The number of nitrogens with zero attached hydrogens (tertiary/aromatic N) is 2. The van der Waals surface area contributed by atoms with E-state index >= 15 is 0 Å². The molecule has 2 N–H and O–H groups in total. The molecule has 0 aromatic carbocycles. The molecule has 1 aromatic rings. The maximum Gasteiger partial charge on any atom is 0.185 e. The van der Waals surface area contributed by atoms with Gasteiger partial charge in [0.2, 0.25) is 0 Å². The minimum Gasteiger partial charge on any atom is -0.388 e. The Hall–Kier alpha value is -0.870. The first-order chi connectivity index (χ1) is 7.20. The Balaban J connectivity index is 2.08. The van der Waals surface area contributed by atoms with Crippen molar-refractivity contribution in [2.24, 2.45) is 0 Å². The molecule has 1 aromatic heterocycles. The number of hydrogen-bond acceptors (Lipinski definition) is 6. The zero-order valence-electron chi connectivity index (χ0n) is 7.61. The summed E-state index contributed by atoms with van der Waals surface area (Å²) in [5.41, 5.74) is 0. The zero-order chi connectivity index (χ0) is 10.8. The van der Waals surface area contributed by atoms with Crippen molar-refractivity contribution in [1.29, 1.82) is 5.26 Å². The first-order valence-corrected chi connectivity index (χ1v) is 5.49. The van der Waals surface area contributed by atoms with E-state index in [1.165, 1.54) is 11.3 Å². The number of anilines is 1. The van der Waals surface area contributed by atoms with Crippen LogP contribution >= 0.6 is 22.9 Å². The largest absolute Gasteiger partial charge is 0.388 e. The third kappa shape index (κ3) is 2.21. The maximum absolute atomic E-state index is 9.47. The van der Waals surface area contributed by atoms with E-state index in [4.69, 9.17) is 21.6 Å². The van der Waals surface area contributed by atoms with E-state index in [0.29, 0.717) is 23.2 Å². The Kier molecular flexibility index (Phi) is 3.07. The molecule has 5 nitrogen and oxygen atoms in total. The van der Waals surface area contributed by atoms with Gasteiger partial charge in [-0.05, 0) is 0 Å². The van der Waals surface area contributed by atoms with Gasteiger partial charge < -0.3 is 15.2 Å². The lowest BCUT2D eigenvalue weighted by Gasteiger charge is -2.12. The molecular formula is C8H8ClN3O2S. The van der Waals surface area contributed by atoms with Crippen LogP contribution in [0, 0.1) is 11.3 Å². The summed E-state index contributed by atoms with van der Waals surface area (Å²) in [5, 5.41) is 21.9. The van der Waals surface area contributed by atoms with E-state index in [0.717, 1.165) is 0 Å². The zero-order valence-corrected chi connectivity index (χ0v) is 9.18. The number of aliphatic hydroxyl groups excluding tert-OH is 1. The molecule has 1 aliphatic rings. The first kappa shape index (κ1) is 10.6. The first-order valence-electron chi connectivity index (χ1n) is 4.29. The number of hydrogen-bond donors (Lipinski definition) is 2. The van der Waals surface area contributed by atoms with Gasteiger partial charge in [0.05, 0.1) is 25.4 Å². The molecule has 2 rings (SSSR count). The number of thiazole rings is 1. The molecule has 0 unspecified atom stereocenters. The van der Waals surface area contributed by atoms with Crippen LogP contribution in [0.3, 0.4) is 0 Å². The average molecular weight is 246 g/mol. The number of aliphatic hydroxyl groups is 1. The second-order valence-corrected chi connectivity index (χ2v) is 4.46. The summed E-state index contributed by atoms with van der Waals surface area (Å²) < 4.78 is 5.07. The molecule has 1 saturated heterocycles. The van der Waals surface area contributed by atoms with Crippen LogP contribution in [0.25, 0.3) is 0 Å². The lowest BCUT2D eigenvalue weighted by molar-refractivity contribution is 0.125. The van der Waals surface area contributed by atoms with Crippen LogP contribution in [0.2, 0.25) is 5.15 Å². The van der Waals surface area contributed by atoms with Crippen molar-refractivity contribution in [2.75, 3.05) is 18.5 Å². The van der Waals surface area contributed by atoms with E-state index in [1.54, 1.807) is 0 Å². The molecule has 0 amide bonds. The summed E-state index contributed by atoms with van der Waals surface area (Å²) in [6, 6.07) is 1.76. The Morgan fingerprint density at radius 3 is 3.00 bits per heavy atom. The van der Waals surface area contributed by atoms with Crippen LogP contribution < -0.4 is 5.32 Å². The van der Waals surface area contributed by atoms with Gasteiger partial charge in [-0.15, -0.1) is 0 Å². The maximum atomic E-state index is 9.47. The third-order valence-electron chi connectivity index (χ3n) is 2.05. The smallest absolute Gasteiger partial charge is 0.185 e. The molecule has 0 aliphatic carbocycles. The lowest BCUT2D eigenvalue weighted by Crippen LogP contribution is -2.31. The van der Waals surface area contributed by atoms with E-state index < -0.39 is 6.10 Å². The van der Waals surface area contributed by atoms with Crippen LogP contribution in [0.4, 0.5) is 5.13 Å². The van der Waals surface area contributed by atoms with Crippen molar-refractivity contribution >= 4 is 28.1 Å². The van der Waals surface area contributed by atoms with Crippen molar-refractivity contribution in [3.05, 3.63) is 10.0 Å². The van der Waals surface area contributed by atoms with E-state index in [2.05, 4.69) is 10.3 Å². The summed E-state index contributed by atoms with van der Waals surface area (Å²) in [4.78, 5) is 4.33. The SMILES string of the molecule is N#Cc1sc(N[C@@H]2COC[C@H]2O)nc1Cl. The molecule has 0 saturated carbocycles. The molecule has 1 aliphatic heterocycles. The van der Waals surface area contributed by atoms with E-state index in [9.17, 15) is 5.11 Å². The minimum absolute atomic E-state index is 0.182.